The van der Waals surface area contributed by atoms with Crippen molar-refractivity contribution in [2.75, 3.05) is 6.61 Å². The van der Waals surface area contributed by atoms with Crippen LogP contribution in [0.5, 0.6) is 51.7 Å². The van der Waals surface area contributed by atoms with Gasteiger partial charge in [0.25, 0.3) is 0 Å². The van der Waals surface area contributed by atoms with Crippen molar-refractivity contribution < 1.29 is 79.6 Å². The summed E-state index contributed by atoms with van der Waals surface area (Å²) in [6.45, 7) is -0.813. The van der Waals surface area contributed by atoms with Gasteiger partial charge in [-0.05, 0) is 35.4 Å². The van der Waals surface area contributed by atoms with Crippen molar-refractivity contribution in [2.45, 2.75) is 55.3 Å². The molecule has 52 heavy (non-hydrogen) atoms. The van der Waals surface area contributed by atoms with E-state index in [0.29, 0.717) is 0 Å². The van der Waals surface area contributed by atoms with Crippen LogP contribution < -0.4 is 14.2 Å². The molecule has 8 atom stereocenters. The Kier molecular flexibility index (Phi) is 8.72. The van der Waals surface area contributed by atoms with Crippen LogP contribution in [0.25, 0.3) is 0 Å². The van der Waals surface area contributed by atoms with Crippen molar-refractivity contribution in [3.63, 3.8) is 0 Å². The van der Waals surface area contributed by atoms with Crippen molar-refractivity contribution >= 4 is 11.6 Å². The Morgan fingerprint density at radius 3 is 2.08 bits per heavy atom. The van der Waals surface area contributed by atoms with Gasteiger partial charge in [-0.25, -0.2) is 0 Å². The molecule has 7 rings (SSSR count). The number of phenols is 6. The van der Waals surface area contributed by atoms with Crippen molar-refractivity contribution in [3.8, 4) is 51.7 Å². The Balaban J connectivity index is 1.47. The van der Waals surface area contributed by atoms with Gasteiger partial charge in [-0.3, -0.25) is 9.59 Å². The number of benzene rings is 4. The van der Waals surface area contributed by atoms with Crippen LogP contribution in [0, 0.1) is 0 Å². The summed E-state index contributed by atoms with van der Waals surface area (Å²) < 4.78 is 24.2. The summed E-state index contributed by atoms with van der Waals surface area (Å²) in [7, 11) is 0. The third-order valence-electron chi connectivity index (χ3n) is 9.32. The predicted octanol–water partition coefficient (Wildman–Crippen LogP) is 1.91. The Bertz CT molecular complexity index is 2060. The van der Waals surface area contributed by atoms with Gasteiger partial charge in [-0.1, -0.05) is 18.2 Å². The number of aliphatic hydroxyl groups is 4. The zero-order valence-corrected chi connectivity index (χ0v) is 26.7. The molecular weight excluding hydrogens is 688 g/mol. The SMILES string of the molecule is O=C1C[C@H](c2ccc(O)c(O)c2)Oc2c1c(O)cc(O[C@@H]1O[C@H](CO)[C@@H](O)[C@H](O)[C@H]1O)c2[C@H]1C(=O)c2c(O)cc(O)cc2O[C@@H]1c1ccc(O)cc1. The van der Waals surface area contributed by atoms with Crippen LogP contribution in [0.1, 0.15) is 62.0 Å². The topological polar surface area (TPSA) is 273 Å². The Morgan fingerprint density at radius 1 is 0.692 bits per heavy atom. The molecule has 0 aliphatic carbocycles. The Morgan fingerprint density at radius 2 is 1.38 bits per heavy atom. The number of Topliss-reactive ketones (excluding diaryl/α,β-unsaturated/α-hetero) is 2. The van der Waals surface area contributed by atoms with E-state index in [4.69, 9.17) is 18.9 Å². The van der Waals surface area contributed by atoms with E-state index >= 15 is 0 Å². The number of ketones is 2. The number of fused-ring (bicyclic) bond motifs is 2. The normalized spacial score (nSPS) is 26.8. The van der Waals surface area contributed by atoms with Gasteiger partial charge < -0.3 is 70.0 Å². The molecule has 0 unspecified atom stereocenters. The lowest BCUT2D eigenvalue weighted by molar-refractivity contribution is -0.277. The summed E-state index contributed by atoms with van der Waals surface area (Å²) in [5.74, 6) is -7.21. The Hall–Kier alpha value is -5.78. The van der Waals surface area contributed by atoms with E-state index in [9.17, 15) is 60.7 Å². The minimum absolute atomic E-state index is 0.138. The average molecular weight is 721 g/mol. The highest BCUT2D eigenvalue weighted by Crippen LogP contribution is 2.56. The second-order valence-corrected chi connectivity index (χ2v) is 12.6. The van der Waals surface area contributed by atoms with E-state index in [-0.39, 0.29) is 40.2 Å². The fraction of sp³-hybridized carbons (Fsp3) is 0.278. The third kappa shape index (κ3) is 5.81. The zero-order chi connectivity index (χ0) is 37.2. The van der Waals surface area contributed by atoms with E-state index < -0.39 is 113 Å². The first-order chi connectivity index (χ1) is 24.8. The van der Waals surface area contributed by atoms with Gasteiger partial charge in [0.2, 0.25) is 6.29 Å². The molecule has 3 aliphatic rings. The fourth-order valence-corrected chi connectivity index (χ4v) is 6.72. The lowest BCUT2D eigenvalue weighted by atomic mass is 9.78. The van der Waals surface area contributed by atoms with E-state index in [2.05, 4.69) is 0 Å². The van der Waals surface area contributed by atoms with Gasteiger partial charge in [-0.2, -0.15) is 0 Å². The largest absolute Gasteiger partial charge is 0.508 e. The van der Waals surface area contributed by atoms with Crippen LogP contribution in [-0.2, 0) is 4.74 Å². The summed E-state index contributed by atoms with van der Waals surface area (Å²) in [6, 6.07) is 12.1. The molecule has 1 fully saturated rings. The number of hydrogen-bond donors (Lipinski definition) is 10. The highest BCUT2D eigenvalue weighted by molar-refractivity contribution is 6.09. The molecule has 0 saturated carbocycles. The first kappa shape index (κ1) is 34.7. The van der Waals surface area contributed by atoms with Crippen molar-refractivity contribution in [2.24, 2.45) is 0 Å². The minimum Gasteiger partial charge on any atom is -0.508 e. The van der Waals surface area contributed by atoms with Gasteiger partial charge in [0.05, 0.1) is 24.5 Å². The van der Waals surface area contributed by atoms with Crippen LogP contribution in [0.3, 0.4) is 0 Å². The number of carbonyl (C=O) groups excluding carboxylic acids is 2. The van der Waals surface area contributed by atoms with Crippen molar-refractivity contribution in [3.05, 3.63) is 88.5 Å². The number of rotatable bonds is 6. The maximum Gasteiger partial charge on any atom is 0.229 e. The minimum atomic E-state index is -1.96. The molecule has 4 aromatic carbocycles. The monoisotopic (exact) mass is 720 g/mol. The molecule has 3 heterocycles. The zero-order valence-electron chi connectivity index (χ0n) is 26.7. The predicted molar refractivity (Wildman–Crippen MR) is 173 cm³/mol. The summed E-state index contributed by atoms with van der Waals surface area (Å²) in [4.78, 5) is 28.5. The second kappa shape index (κ2) is 13.1. The summed E-state index contributed by atoms with van der Waals surface area (Å²) in [5.41, 5.74) is -0.604. The van der Waals surface area contributed by atoms with Crippen LogP contribution >= 0.6 is 0 Å². The molecule has 10 N–H and O–H groups in total. The van der Waals surface area contributed by atoms with Crippen LogP contribution in [0.15, 0.2) is 60.7 Å². The van der Waals surface area contributed by atoms with Crippen molar-refractivity contribution in [1.82, 2.24) is 0 Å². The molecule has 0 radical (unpaired) electrons. The molecule has 3 aliphatic heterocycles. The van der Waals surface area contributed by atoms with Crippen molar-refractivity contribution in [1.29, 1.82) is 0 Å². The maximum absolute atomic E-state index is 14.7. The molecule has 0 amide bonds. The van der Waals surface area contributed by atoms with Gasteiger partial charge in [0.1, 0.15) is 88.0 Å². The highest BCUT2D eigenvalue weighted by Gasteiger charge is 2.49. The molecule has 0 spiro atoms. The average Bonchev–Trinajstić information content (AvgIpc) is 3.10. The number of aliphatic hydroxyl groups excluding tert-OH is 4. The maximum atomic E-state index is 14.7. The number of phenolic OH excluding ortho intramolecular Hbond substituents is 6. The quantitative estimate of drug-likeness (QED) is 0.127. The van der Waals surface area contributed by atoms with Gasteiger partial charge in [-0.15, -0.1) is 0 Å². The molecule has 16 heteroatoms. The summed E-state index contributed by atoms with van der Waals surface area (Å²) in [6.07, 6.45) is -11.8. The van der Waals surface area contributed by atoms with E-state index in [1.807, 2.05) is 0 Å². The van der Waals surface area contributed by atoms with E-state index in [0.717, 1.165) is 24.3 Å². The van der Waals surface area contributed by atoms with Gasteiger partial charge >= 0.3 is 0 Å². The molecule has 272 valence electrons. The lowest BCUT2D eigenvalue weighted by Gasteiger charge is -2.41. The van der Waals surface area contributed by atoms with Crippen LogP contribution in [0.4, 0.5) is 0 Å². The molecule has 0 aromatic heterocycles. The second-order valence-electron chi connectivity index (χ2n) is 12.6. The smallest absolute Gasteiger partial charge is 0.229 e. The lowest BCUT2D eigenvalue weighted by Crippen LogP contribution is -2.60. The van der Waals surface area contributed by atoms with E-state index in [1.54, 1.807) is 0 Å². The third-order valence-corrected chi connectivity index (χ3v) is 9.32. The molecule has 0 bridgehead atoms. The number of hydrogen-bond acceptors (Lipinski definition) is 16. The first-order valence-electron chi connectivity index (χ1n) is 15.9. The highest BCUT2D eigenvalue weighted by atomic mass is 16.7. The van der Waals surface area contributed by atoms with Crippen LogP contribution in [0.2, 0.25) is 0 Å². The summed E-state index contributed by atoms with van der Waals surface area (Å²) in [5, 5.41) is 104. The molecule has 16 nitrogen and oxygen atoms in total. The summed E-state index contributed by atoms with van der Waals surface area (Å²) >= 11 is 0. The molecule has 4 aromatic rings. The number of ether oxygens (including phenoxy) is 4. The van der Waals surface area contributed by atoms with Crippen LogP contribution in [-0.4, -0.2) is 99.9 Å². The first-order valence-corrected chi connectivity index (χ1v) is 15.9. The Labute approximate surface area is 293 Å². The molecule has 1 saturated heterocycles. The van der Waals surface area contributed by atoms with Gasteiger partial charge in [0, 0.05) is 18.2 Å². The van der Waals surface area contributed by atoms with E-state index in [1.165, 1.54) is 36.4 Å². The number of aromatic hydroxyl groups is 6. The standard InChI is InChI=1S/C36H32O16/c37-12-25-30(45)32(47)33(48)36(52-25)51-24-11-21(44)26-20(43)10-22(14-3-6-17(40)18(41)7-14)49-35(26)28(24)29-31(46)27-19(42)8-16(39)9-23(27)50-34(29)13-1-4-15(38)5-2-13/h1-9,11,22,25,29-30,32-34,36-42,44-45,47-48H,10,12H2/t22-,25-,29+,30-,32+,33-,34-,36-/m1/s1. The molecular formula is C36H32O16. The fourth-order valence-electron chi connectivity index (χ4n) is 6.72. The van der Waals surface area contributed by atoms with Gasteiger partial charge in [0.15, 0.2) is 23.1 Å². The number of carbonyl (C=O) groups is 2.